The summed E-state index contributed by atoms with van der Waals surface area (Å²) >= 11 is 0. The molecule has 0 spiro atoms. The predicted molar refractivity (Wildman–Crippen MR) is 59.0 cm³/mol. The Balaban J connectivity index is 2.12. The molecule has 3 nitrogen and oxygen atoms in total. The predicted octanol–water partition coefficient (Wildman–Crippen LogP) is 2.34. The van der Waals surface area contributed by atoms with Crippen LogP contribution in [0.2, 0.25) is 0 Å². The summed E-state index contributed by atoms with van der Waals surface area (Å²) in [5, 5.41) is 3.46. The molecule has 1 aliphatic heterocycles. The first-order chi connectivity index (χ1) is 7.16. The van der Waals surface area contributed by atoms with E-state index in [9.17, 15) is 0 Å². The Labute approximate surface area is 90.8 Å². The molecular formula is C12H19NO2. The van der Waals surface area contributed by atoms with Crippen molar-refractivity contribution in [3.8, 4) is 0 Å². The zero-order valence-corrected chi connectivity index (χ0v) is 9.67. The fourth-order valence-corrected chi connectivity index (χ4v) is 2.03. The van der Waals surface area contributed by atoms with E-state index in [2.05, 4.69) is 18.3 Å². The van der Waals surface area contributed by atoms with Crippen molar-refractivity contribution in [2.24, 2.45) is 0 Å². The Morgan fingerprint density at radius 1 is 1.40 bits per heavy atom. The molecule has 1 aromatic heterocycles. The molecule has 1 aromatic rings. The SMILES string of the molecule is Cc1cc(C2CNC(C)CCO2)c(C)o1. The maximum atomic E-state index is 5.83. The third-order valence-electron chi connectivity index (χ3n) is 2.95. The van der Waals surface area contributed by atoms with Crippen molar-refractivity contribution in [2.45, 2.75) is 39.3 Å². The summed E-state index contributed by atoms with van der Waals surface area (Å²) in [5.41, 5.74) is 1.19. The molecule has 1 aliphatic rings. The van der Waals surface area contributed by atoms with Gasteiger partial charge in [0.1, 0.15) is 11.5 Å². The molecule has 0 saturated carbocycles. The van der Waals surface area contributed by atoms with Gasteiger partial charge in [-0.25, -0.2) is 0 Å². The molecule has 15 heavy (non-hydrogen) atoms. The molecule has 0 aromatic carbocycles. The van der Waals surface area contributed by atoms with Crippen molar-refractivity contribution in [1.82, 2.24) is 5.32 Å². The van der Waals surface area contributed by atoms with Crippen molar-refractivity contribution in [3.05, 3.63) is 23.2 Å². The highest BCUT2D eigenvalue weighted by Gasteiger charge is 2.21. The minimum absolute atomic E-state index is 0.146. The van der Waals surface area contributed by atoms with Crippen LogP contribution in [-0.4, -0.2) is 19.2 Å². The molecule has 2 rings (SSSR count). The van der Waals surface area contributed by atoms with E-state index in [1.165, 1.54) is 5.56 Å². The Morgan fingerprint density at radius 3 is 2.87 bits per heavy atom. The largest absolute Gasteiger partial charge is 0.466 e. The summed E-state index contributed by atoms with van der Waals surface area (Å²) in [6, 6.07) is 2.63. The van der Waals surface area contributed by atoms with E-state index < -0.39 is 0 Å². The van der Waals surface area contributed by atoms with Crippen molar-refractivity contribution >= 4 is 0 Å². The first-order valence-corrected chi connectivity index (χ1v) is 5.58. The molecule has 2 heterocycles. The Kier molecular flexibility index (Phi) is 3.12. The average molecular weight is 209 g/mol. The summed E-state index contributed by atoms with van der Waals surface area (Å²) in [4.78, 5) is 0. The lowest BCUT2D eigenvalue weighted by molar-refractivity contribution is 0.0654. The van der Waals surface area contributed by atoms with Gasteiger partial charge in [0.05, 0.1) is 6.10 Å². The molecule has 0 amide bonds. The van der Waals surface area contributed by atoms with Gasteiger partial charge in [0.15, 0.2) is 0 Å². The molecule has 1 saturated heterocycles. The van der Waals surface area contributed by atoms with Crippen LogP contribution in [0.15, 0.2) is 10.5 Å². The summed E-state index contributed by atoms with van der Waals surface area (Å²) in [5.74, 6) is 1.94. The molecule has 2 unspecified atom stereocenters. The van der Waals surface area contributed by atoms with E-state index in [4.69, 9.17) is 9.15 Å². The van der Waals surface area contributed by atoms with Crippen LogP contribution in [0.3, 0.4) is 0 Å². The molecule has 1 N–H and O–H groups in total. The van der Waals surface area contributed by atoms with E-state index in [1.807, 2.05) is 13.8 Å². The number of furan rings is 1. The highest BCUT2D eigenvalue weighted by molar-refractivity contribution is 5.23. The van der Waals surface area contributed by atoms with Gasteiger partial charge in [0.2, 0.25) is 0 Å². The number of hydrogen-bond acceptors (Lipinski definition) is 3. The molecule has 0 bridgehead atoms. The van der Waals surface area contributed by atoms with Gasteiger partial charge in [-0.3, -0.25) is 0 Å². The van der Waals surface area contributed by atoms with Crippen molar-refractivity contribution in [2.75, 3.05) is 13.2 Å². The molecule has 0 radical (unpaired) electrons. The van der Waals surface area contributed by atoms with Crippen molar-refractivity contribution in [1.29, 1.82) is 0 Å². The van der Waals surface area contributed by atoms with E-state index in [-0.39, 0.29) is 6.10 Å². The Morgan fingerprint density at radius 2 is 2.20 bits per heavy atom. The van der Waals surface area contributed by atoms with E-state index in [1.54, 1.807) is 0 Å². The fraction of sp³-hybridized carbons (Fsp3) is 0.667. The summed E-state index contributed by atoms with van der Waals surface area (Å²) in [6.45, 7) is 7.87. The van der Waals surface area contributed by atoms with Crippen LogP contribution in [0.5, 0.6) is 0 Å². The minimum Gasteiger partial charge on any atom is -0.466 e. The standard InChI is InChI=1S/C12H19NO2/c1-8-4-5-14-12(7-13-8)11-6-9(2)15-10(11)3/h6,8,12-13H,4-5,7H2,1-3H3. The summed E-state index contributed by atoms with van der Waals surface area (Å²) in [6.07, 6.45) is 1.22. The third-order valence-corrected chi connectivity index (χ3v) is 2.95. The van der Waals surface area contributed by atoms with Gasteiger partial charge in [-0.15, -0.1) is 0 Å². The second kappa shape index (κ2) is 4.37. The topological polar surface area (TPSA) is 34.4 Å². The number of ether oxygens (including phenoxy) is 1. The number of aryl methyl sites for hydroxylation is 2. The zero-order valence-electron chi connectivity index (χ0n) is 9.67. The lowest BCUT2D eigenvalue weighted by Crippen LogP contribution is -2.27. The van der Waals surface area contributed by atoms with Gasteiger partial charge in [0.25, 0.3) is 0 Å². The average Bonchev–Trinajstić information content (AvgIpc) is 2.39. The first-order valence-electron chi connectivity index (χ1n) is 5.58. The van der Waals surface area contributed by atoms with E-state index >= 15 is 0 Å². The highest BCUT2D eigenvalue weighted by atomic mass is 16.5. The smallest absolute Gasteiger partial charge is 0.106 e. The van der Waals surface area contributed by atoms with Gasteiger partial charge < -0.3 is 14.5 Å². The normalized spacial score (nSPS) is 27.7. The van der Waals surface area contributed by atoms with Crippen LogP contribution in [0.4, 0.5) is 0 Å². The fourth-order valence-electron chi connectivity index (χ4n) is 2.03. The van der Waals surface area contributed by atoms with Crippen LogP contribution in [-0.2, 0) is 4.74 Å². The van der Waals surface area contributed by atoms with E-state index in [0.717, 1.165) is 31.1 Å². The van der Waals surface area contributed by atoms with Crippen LogP contribution >= 0.6 is 0 Å². The van der Waals surface area contributed by atoms with Crippen molar-refractivity contribution in [3.63, 3.8) is 0 Å². The number of nitrogens with one attached hydrogen (secondary N) is 1. The summed E-state index contributed by atoms with van der Waals surface area (Å²) in [7, 11) is 0. The third kappa shape index (κ3) is 2.41. The second-order valence-electron chi connectivity index (χ2n) is 4.33. The maximum Gasteiger partial charge on any atom is 0.106 e. The molecule has 3 heteroatoms. The maximum absolute atomic E-state index is 5.83. The van der Waals surface area contributed by atoms with Gasteiger partial charge in [-0.2, -0.15) is 0 Å². The minimum atomic E-state index is 0.146. The molecular weight excluding hydrogens is 190 g/mol. The lowest BCUT2D eigenvalue weighted by Gasteiger charge is -2.14. The van der Waals surface area contributed by atoms with E-state index in [0.29, 0.717) is 6.04 Å². The Bertz CT molecular complexity index is 332. The Hall–Kier alpha value is -0.800. The van der Waals surface area contributed by atoms with Crippen LogP contribution in [0.1, 0.15) is 36.5 Å². The first kappa shape index (κ1) is 10.7. The molecule has 1 fully saturated rings. The quantitative estimate of drug-likeness (QED) is 0.771. The van der Waals surface area contributed by atoms with Gasteiger partial charge in [-0.1, -0.05) is 0 Å². The highest BCUT2D eigenvalue weighted by Crippen LogP contribution is 2.25. The van der Waals surface area contributed by atoms with Gasteiger partial charge >= 0.3 is 0 Å². The monoisotopic (exact) mass is 209 g/mol. The molecule has 2 atom stereocenters. The number of rotatable bonds is 1. The zero-order chi connectivity index (χ0) is 10.8. The van der Waals surface area contributed by atoms with Crippen LogP contribution in [0.25, 0.3) is 0 Å². The molecule has 84 valence electrons. The second-order valence-corrected chi connectivity index (χ2v) is 4.33. The lowest BCUT2D eigenvalue weighted by atomic mass is 10.1. The van der Waals surface area contributed by atoms with Gasteiger partial charge in [0, 0.05) is 24.8 Å². The van der Waals surface area contributed by atoms with Crippen LogP contribution in [0, 0.1) is 13.8 Å². The van der Waals surface area contributed by atoms with Crippen molar-refractivity contribution < 1.29 is 9.15 Å². The summed E-state index contributed by atoms with van der Waals surface area (Å²) < 4.78 is 11.4. The van der Waals surface area contributed by atoms with Gasteiger partial charge in [-0.05, 0) is 33.3 Å². The number of hydrogen-bond donors (Lipinski definition) is 1. The van der Waals surface area contributed by atoms with Crippen LogP contribution < -0.4 is 5.32 Å². The molecule has 0 aliphatic carbocycles.